The average molecular weight is 284 g/mol. The van der Waals surface area contributed by atoms with Crippen LogP contribution in [0.1, 0.15) is 33.1 Å². The van der Waals surface area contributed by atoms with Gasteiger partial charge in [-0.05, 0) is 49.3 Å². The van der Waals surface area contributed by atoms with Crippen LogP contribution in [0, 0.1) is 11.8 Å². The SMILES string of the molecule is CC(C)C1CCC(N)C(Oc2ccc3cccnc3c2)C1. The summed E-state index contributed by atoms with van der Waals surface area (Å²) in [5.41, 5.74) is 7.23. The van der Waals surface area contributed by atoms with Crippen molar-refractivity contribution in [2.75, 3.05) is 0 Å². The van der Waals surface area contributed by atoms with Gasteiger partial charge in [0.2, 0.25) is 0 Å². The molecular formula is C18H24N2O. The molecule has 0 bridgehead atoms. The van der Waals surface area contributed by atoms with Gasteiger partial charge < -0.3 is 10.5 Å². The van der Waals surface area contributed by atoms with E-state index in [-0.39, 0.29) is 12.1 Å². The molecule has 1 aromatic carbocycles. The summed E-state index contributed by atoms with van der Waals surface area (Å²) in [6.45, 7) is 4.58. The molecule has 3 unspecified atom stereocenters. The Bertz CT molecular complexity index is 611. The van der Waals surface area contributed by atoms with Crippen LogP contribution in [0.2, 0.25) is 0 Å². The number of ether oxygens (including phenoxy) is 1. The number of fused-ring (bicyclic) bond motifs is 1. The predicted octanol–water partition coefficient (Wildman–Crippen LogP) is 3.77. The number of pyridine rings is 1. The molecule has 1 saturated carbocycles. The van der Waals surface area contributed by atoms with Gasteiger partial charge in [-0.15, -0.1) is 0 Å². The van der Waals surface area contributed by atoms with Crippen molar-refractivity contribution < 1.29 is 4.74 Å². The third kappa shape index (κ3) is 3.18. The standard InChI is InChI=1S/C18H24N2O/c1-12(2)14-6-8-16(19)18(10-14)21-15-7-5-13-4-3-9-20-17(13)11-15/h3-5,7,9,11-12,14,16,18H,6,8,10,19H2,1-2H3. The summed E-state index contributed by atoms with van der Waals surface area (Å²) in [6, 6.07) is 10.3. The number of rotatable bonds is 3. The molecule has 0 radical (unpaired) electrons. The second kappa shape index (κ2) is 6.02. The molecule has 1 aliphatic rings. The zero-order valence-electron chi connectivity index (χ0n) is 12.8. The van der Waals surface area contributed by atoms with Crippen molar-refractivity contribution >= 4 is 10.9 Å². The van der Waals surface area contributed by atoms with Crippen LogP contribution in [0.5, 0.6) is 5.75 Å². The minimum Gasteiger partial charge on any atom is -0.489 e. The minimum absolute atomic E-state index is 0.118. The largest absolute Gasteiger partial charge is 0.489 e. The zero-order chi connectivity index (χ0) is 14.8. The maximum Gasteiger partial charge on any atom is 0.122 e. The lowest BCUT2D eigenvalue weighted by molar-refractivity contribution is 0.0869. The Hall–Kier alpha value is -1.61. The number of hydrogen-bond donors (Lipinski definition) is 1. The Morgan fingerprint density at radius 3 is 2.90 bits per heavy atom. The Kier molecular flexibility index (Phi) is 4.11. The van der Waals surface area contributed by atoms with Crippen LogP contribution < -0.4 is 10.5 Å². The van der Waals surface area contributed by atoms with E-state index in [9.17, 15) is 0 Å². The molecule has 1 aliphatic carbocycles. The van der Waals surface area contributed by atoms with Gasteiger partial charge in [0, 0.05) is 23.7 Å². The summed E-state index contributed by atoms with van der Waals surface area (Å²) in [5.74, 6) is 2.29. The maximum absolute atomic E-state index is 6.26. The third-order valence-electron chi connectivity index (χ3n) is 4.69. The van der Waals surface area contributed by atoms with Crippen LogP contribution in [0.4, 0.5) is 0 Å². The van der Waals surface area contributed by atoms with Gasteiger partial charge in [0.05, 0.1) is 5.52 Å². The molecule has 0 spiro atoms. The Labute approximate surface area is 126 Å². The molecule has 2 N–H and O–H groups in total. The van der Waals surface area contributed by atoms with Crippen molar-refractivity contribution in [3.05, 3.63) is 36.5 Å². The third-order valence-corrected chi connectivity index (χ3v) is 4.69. The van der Waals surface area contributed by atoms with E-state index in [1.807, 2.05) is 24.4 Å². The fraction of sp³-hybridized carbons (Fsp3) is 0.500. The highest BCUT2D eigenvalue weighted by Gasteiger charge is 2.31. The lowest BCUT2D eigenvalue weighted by Crippen LogP contribution is -2.44. The van der Waals surface area contributed by atoms with Crippen LogP contribution in [-0.4, -0.2) is 17.1 Å². The first-order chi connectivity index (χ1) is 10.1. The summed E-state index contributed by atoms with van der Waals surface area (Å²) >= 11 is 0. The summed E-state index contributed by atoms with van der Waals surface area (Å²) < 4.78 is 6.19. The van der Waals surface area contributed by atoms with Crippen molar-refractivity contribution in [3.63, 3.8) is 0 Å². The minimum atomic E-state index is 0.118. The summed E-state index contributed by atoms with van der Waals surface area (Å²) in [7, 11) is 0. The van der Waals surface area contributed by atoms with Crippen LogP contribution in [-0.2, 0) is 0 Å². The van der Waals surface area contributed by atoms with Crippen molar-refractivity contribution in [2.45, 2.75) is 45.3 Å². The van der Waals surface area contributed by atoms with Gasteiger partial charge in [-0.3, -0.25) is 4.98 Å². The van der Waals surface area contributed by atoms with E-state index in [0.717, 1.165) is 29.5 Å². The van der Waals surface area contributed by atoms with Gasteiger partial charge in [0.1, 0.15) is 11.9 Å². The maximum atomic E-state index is 6.26. The molecule has 0 saturated heterocycles. The van der Waals surface area contributed by atoms with E-state index in [4.69, 9.17) is 10.5 Å². The number of nitrogens with zero attached hydrogens (tertiary/aromatic N) is 1. The molecule has 21 heavy (non-hydrogen) atoms. The lowest BCUT2D eigenvalue weighted by atomic mass is 9.78. The topological polar surface area (TPSA) is 48.1 Å². The van der Waals surface area contributed by atoms with Crippen LogP contribution in [0.15, 0.2) is 36.5 Å². The lowest BCUT2D eigenvalue weighted by Gasteiger charge is -2.36. The molecule has 3 nitrogen and oxygen atoms in total. The Morgan fingerprint density at radius 2 is 2.10 bits per heavy atom. The molecule has 0 amide bonds. The van der Waals surface area contributed by atoms with Gasteiger partial charge >= 0.3 is 0 Å². The number of nitrogens with two attached hydrogens (primary N) is 1. The fourth-order valence-corrected chi connectivity index (χ4v) is 3.22. The second-order valence-electron chi connectivity index (χ2n) is 6.50. The first-order valence-corrected chi connectivity index (χ1v) is 7.90. The summed E-state index contributed by atoms with van der Waals surface area (Å²) in [6.07, 6.45) is 5.26. The monoisotopic (exact) mass is 284 g/mol. The highest BCUT2D eigenvalue weighted by atomic mass is 16.5. The van der Waals surface area contributed by atoms with Gasteiger partial charge in [-0.1, -0.05) is 19.9 Å². The first-order valence-electron chi connectivity index (χ1n) is 7.90. The quantitative estimate of drug-likeness (QED) is 0.933. The van der Waals surface area contributed by atoms with Crippen LogP contribution >= 0.6 is 0 Å². The van der Waals surface area contributed by atoms with E-state index in [2.05, 4.69) is 31.0 Å². The van der Waals surface area contributed by atoms with Gasteiger partial charge in [0.25, 0.3) is 0 Å². The summed E-state index contributed by atoms with van der Waals surface area (Å²) in [5, 5.41) is 1.14. The fourth-order valence-electron chi connectivity index (χ4n) is 3.22. The van der Waals surface area contributed by atoms with Crippen molar-refractivity contribution in [1.29, 1.82) is 0 Å². The molecule has 2 aromatic rings. The van der Waals surface area contributed by atoms with E-state index in [1.54, 1.807) is 0 Å². The molecule has 0 aliphatic heterocycles. The molecule has 3 heteroatoms. The zero-order valence-corrected chi connectivity index (χ0v) is 12.8. The highest BCUT2D eigenvalue weighted by molar-refractivity contribution is 5.79. The molecule has 1 heterocycles. The molecule has 1 fully saturated rings. The molecule has 1 aromatic heterocycles. The van der Waals surface area contributed by atoms with Crippen molar-refractivity contribution in [2.24, 2.45) is 17.6 Å². The molecule has 3 atom stereocenters. The van der Waals surface area contributed by atoms with Crippen LogP contribution in [0.3, 0.4) is 0 Å². The second-order valence-corrected chi connectivity index (χ2v) is 6.50. The smallest absolute Gasteiger partial charge is 0.122 e. The number of benzene rings is 1. The molecule has 112 valence electrons. The highest BCUT2D eigenvalue weighted by Crippen LogP contribution is 2.32. The number of aromatic nitrogens is 1. The van der Waals surface area contributed by atoms with E-state index in [0.29, 0.717) is 11.8 Å². The van der Waals surface area contributed by atoms with Crippen molar-refractivity contribution in [1.82, 2.24) is 4.98 Å². The Balaban J connectivity index is 1.76. The normalized spacial score (nSPS) is 26.2. The first kappa shape index (κ1) is 14.3. The van der Waals surface area contributed by atoms with E-state index >= 15 is 0 Å². The average Bonchev–Trinajstić information content (AvgIpc) is 2.49. The number of hydrogen-bond acceptors (Lipinski definition) is 3. The van der Waals surface area contributed by atoms with Gasteiger partial charge in [-0.2, -0.15) is 0 Å². The summed E-state index contributed by atoms with van der Waals surface area (Å²) in [4.78, 5) is 4.39. The van der Waals surface area contributed by atoms with Crippen LogP contribution in [0.25, 0.3) is 10.9 Å². The molecule has 3 rings (SSSR count). The molecular weight excluding hydrogens is 260 g/mol. The van der Waals surface area contributed by atoms with Gasteiger partial charge in [0.15, 0.2) is 0 Å². The predicted molar refractivity (Wildman–Crippen MR) is 86.3 cm³/mol. The van der Waals surface area contributed by atoms with E-state index in [1.165, 1.54) is 6.42 Å². The van der Waals surface area contributed by atoms with Crippen molar-refractivity contribution in [3.8, 4) is 5.75 Å². The Morgan fingerprint density at radius 1 is 1.24 bits per heavy atom. The van der Waals surface area contributed by atoms with E-state index < -0.39 is 0 Å². The van der Waals surface area contributed by atoms with Gasteiger partial charge in [-0.25, -0.2) is 0 Å².